The normalized spacial score (nSPS) is 27.4. The Kier molecular flexibility index (Phi) is 4.90. The lowest BCUT2D eigenvalue weighted by Crippen LogP contribution is -2.47. The van der Waals surface area contributed by atoms with Gasteiger partial charge in [-0.2, -0.15) is 0 Å². The molecule has 3 rings (SSSR count). The maximum Gasteiger partial charge on any atom is 0.183 e. The second kappa shape index (κ2) is 6.65. The molecule has 1 aliphatic carbocycles. The Hall–Kier alpha value is -1.12. The number of nitrogens with one attached hydrogen (secondary N) is 1. The van der Waals surface area contributed by atoms with Gasteiger partial charge in [0.2, 0.25) is 0 Å². The molecule has 1 aromatic rings. The van der Waals surface area contributed by atoms with Crippen molar-refractivity contribution in [1.29, 1.82) is 0 Å². The van der Waals surface area contributed by atoms with Crippen LogP contribution in [0.25, 0.3) is 0 Å². The summed E-state index contributed by atoms with van der Waals surface area (Å²) in [5.41, 5.74) is 0. The first-order chi connectivity index (χ1) is 11.3. The van der Waals surface area contributed by atoms with Gasteiger partial charge in [0.05, 0.1) is 28.8 Å². The first-order valence-corrected chi connectivity index (χ1v) is 11.5. The summed E-state index contributed by atoms with van der Waals surface area (Å²) in [6, 6.07) is 5.80. The molecule has 134 valence electrons. The predicted octanol–water partition coefficient (Wildman–Crippen LogP) is 1.17. The van der Waals surface area contributed by atoms with Gasteiger partial charge in [-0.25, -0.2) is 16.8 Å². The summed E-state index contributed by atoms with van der Waals surface area (Å²) < 4.78 is 55.1. The lowest BCUT2D eigenvalue weighted by atomic mass is 10.2. The number of rotatable bonds is 5. The fourth-order valence-corrected chi connectivity index (χ4v) is 8.29. The van der Waals surface area contributed by atoms with Crippen molar-refractivity contribution in [2.24, 2.45) is 0 Å². The van der Waals surface area contributed by atoms with Crippen molar-refractivity contribution in [2.75, 3.05) is 18.6 Å². The molecule has 2 fully saturated rings. The predicted molar refractivity (Wildman–Crippen MR) is 91.8 cm³/mol. The highest BCUT2D eigenvalue weighted by atomic mass is 32.2. The molecule has 1 saturated carbocycles. The molecule has 2 aliphatic rings. The van der Waals surface area contributed by atoms with Crippen LogP contribution in [0.3, 0.4) is 0 Å². The number of hydrogen-bond donors (Lipinski definition) is 1. The van der Waals surface area contributed by atoms with Crippen LogP contribution in [0.15, 0.2) is 29.2 Å². The van der Waals surface area contributed by atoms with Crippen molar-refractivity contribution in [3.8, 4) is 5.75 Å². The zero-order chi connectivity index (χ0) is 17.4. The largest absolute Gasteiger partial charge is 0.497 e. The fourth-order valence-electron chi connectivity index (χ4n) is 3.61. The van der Waals surface area contributed by atoms with E-state index in [2.05, 4.69) is 5.32 Å². The van der Waals surface area contributed by atoms with E-state index in [9.17, 15) is 16.8 Å². The minimum Gasteiger partial charge on any atom is -0.497 e. The number of benzene rings is 1. The number of hydrogen-bond acceptors (Lipinski definition) is 6. The molecule has 1 N–H and O–H groups in total. The maximum absolute atomic E-state index is 13.0. The van der Waals surface area contributed by atoms with Gasteiger partial charge >= 0.3 is 0 Å². The highest BCUT2D eigenvalue weighted by molar-refractivity contribution is 7.96. The zero-order valence-corrected chi connectivity index (χ0v) is 15.3. The van der Waals surface area contributed by atoms with Crippen LogP contribution in [0.5, 0.6) is 5.75 Å². The first-order valence-electron chi connectivity index (χ1n) is 8.16. The highest BCUT2D eigenvalue weighted by Crippen LogP contribution is 2.29. The van der Waals surface area contributed by atoms with E-state index in [0.29, 0.717) is 5.75 Å². The topological polar surface area (TPSA) is 89.5 Å². The Morgan fingerprint density at radius 3 is 2.29 bits per heavy atom. The molecule has 24 heavy (non-hydrogen) atoms. The molecule has 0 amide bonds. The van der Waals surface area contributed by atoms with Gasteiger partial charge in [0.1, 0.15) is 5.75 Å². The molecule has 0 bridgehead atoms. The summed E-state index contributed by atoms with van der Waals surface area (Å²) in [7, 11) is -5.57. The number of methoxy groups -OCH3 is 1. The van der Waals surface area contributed by atoms with Crippen molar-refractivity contribution < 1.29 is 21.6 Å². The van der Waals surface area contributed by atoms with Gasteiger partial charge < -0.3 is 10.1 Å². The number of ether oxygens (including phenoxy) is 1. The molecule has 1 aliphatic heterocycles. The van der Waals surface area contributed by atoms with Gasteiger partial charge in [0.15, 0.2) is 19.7 Å². The third-order valence-electron chi connectivity index (χ3n) is 4.89. The van der Waals surface area contributed by atoms with E-state index in [1.807, 2.05) is 0 Å². The third kappa shape index (κ3) is 3.60. The summed E-state index contributed by atoms with van der Waals surface area (Å²) >= 11 is 0. The number of sulfone groups is 2. The second-order valence-corrected chi connectivity index (χ2v) is 10.9. The van der Waals surface area contributed by atoms with Crippen LogP contribution in [0, 0.1) is 0 Å². The van der Waals surface area contributed by atoms with Crippen LogP contribution in [0.2, 0.25) is 0 Å². The molecule has 0 aromatic heterocycles. The molecule has 1 heterocycles. The molecule has 1 saturated heterocycles. The van der Waals surface area contributed by atoms with Gasteiger partial charge in [-0.15, -0.1) is 0 Å². The molecular weight excluding hydrogens is 350 g/mol. The van der Waals surface area contributed by atoms with Crippen molar-refractivity contribution in [2.45, 2.75) is 47.9 Å². The SMILES string of the molecule is COc1ccc(S(=O)(=O)[C@H]2CS(=O)(=O)C[C@@H]2NC2CCCC2)cc1. The second-order valence-electron chi connectivity index (χ2n) is 6.59. The zero-order valence-electron chi connectivity index (χ0n) is 13.6. The Labute approximate surface area is 143 Å². The lowest BCUT2D eigenvalue weighted by molar-refractivity contribution is 0.414. The molecule has 0 spiro atoms. The monoisotopic (exact) mass is 373 g/mol. The van der Waals surface area contributed by atoms with Crippen LogP contribution >= 0.6 is 0 Å². The molecule has 0 radical (unpaired) electrons. The van der Waals surface area contributed by atoms with E-state index < -0.39 is 31.0 Å². The molecular formula is C16H23NO5S2. The first kappa shape index (κ1) is 17.7. The van der Waals surface area contributed by atoms with Gasteiger partial charge in [-0.1, -0.05) is 12.8 Å². The van der Waals surface area contributed by atoms with Gasteiger partial charge in [0.25, 0.3) is 0 Å². The summed E-state index contributed by atoms with van der Waals surface area (Å²) in [5.74, 6) is 0.142. The van der Waals surface area contributed by atoms with Crippen molar-refractivity contribution in [3.05, 3.63) is 24.3 Å². The van der Waals surface area contributed by atoms with E-state index in [1.54, 1.807) is 12.1 Å². The fraction of sp³-hybridized carbons (Fsp3) is 0.625. The van der Waals surface area contributed by atoms with Gasteiger partial charge in [0, 0.05) is 12.1 Å². The molecule has 6 nitrogen and oxygen atoms in total. The molecule has 1 aromatic carbocycles. The van der Waals surface area contributed by atoms with E-state index in [1.165, 1.54) is 19.2 Å². The van der Waals surface area contributed by atoms with Gasteiger partial charge in [-0.05, 0) is 37.1 Å². The summed E-state index contributed by atoms with van der Waals surface area (Å²) in [4.78, 5) is 0.142. The third-order valence-corrected chi connectivity index (χ3v) is 9.06. The van der Waals surface area contributed by atoms with E-state index >= 15 is 0 Å². The standard InChI is InChI=1S/C16H23NO5S2/c1-22-13-6-8-14(9-7-13)24(20,21)16-11-23(18,19)10-15(16)17-12-4-2-3-5-12/h6-9,12,15-17H,2-5,10-11H2,1H3/t15-,16-/m0/s1. The van der Waals surface area contributed by atoms with E-state index in [0.717, 1.165) is 25.7 Å². The summed E-state index contributed by atoms with van der Waals surface area (Å²) in [6.07, 6.45) is 4.16. The van der Waals surface area contributed by atoms with Crippen LogP contribution in [0.4, 0.5) is 0 Å². The Morgan fingerprint density at radius 1 is 1.08 bits per heavy atom. The van der Waals surface area contributed by atoms with E-state index in [-0.39, 0.29) is 22.4 Å². The molecule has 8 heteroatoms. The van der Waals surface area contributed by atoms with Gasteiger partial charge in [-0.3, -0.25) is 0 Å². The Morgan fingerprint density at radius 2 is 1.71 bits per heavy atom. The molecule has 0 unspecified atom stereocenters. The van der Waals surface area contributed by atoms with Crippen molar-refractivity contribution in [1.82, 2.24) is 5.32 Å². The van der Waals surface area contributed by atoms with Crippen molar-refractivity contribution in [3.63, 3.8) is 0 Å². The Bertz CT molecular complexity index is 780. The van der Waals surface area contributed by atoms with E-state index in [4.69, 9.17) is 4.74 Å². The quantitative estimate of drug-likeness (QED) is 0.833. The minimum absolute atomic E-state index is 0.108. The smallest absolute Gasteiger partial charge is 0.183 e. The summed E-state index contributed by atoms with van der Waals surface area (Å²) in [6.45, 7) is 0. The van der Waals surface area contributed by atoms with Crippen LogP contribution in [-0.2, 0) is 19.7 Å². The lowest BCUT2D eigenvalue weighted by Gasteiger charge is -2.23. The maximum atomic E-state index is 13.0. The molecule has 2 atom stereocenters. The van der Waals surface area contributed by atoms with Crippen LogP contribution in [0.1, 0.15) is 25.7 Å². The average Bonchev–Trinajstić information content (AvgIpc) is 3.15. The van der Waals surface area contributed by atoms with Crippen molar-refractivity contribution >= 4 is 19.7 Å². The van der Waals surface area contributed by atoms with Crippen LogP contribution < -0.4 is 10.1 Å². The summed E-state index contributed by atoms with van der Waals surface area (Å²) in [5, 5.41) is 2.37. The average molecular weight is 373 g/mol. The minimum atomic E-state index is -3.72. The Balaban J connectivity index is 1.87. The highest BCUT2D eigenvalue weighted by Gasteiger charge is 2.46. The van der Waals surface area contributed by atoms with Crippen LogP contribution in [-0.4, -0.2) is 52.8 Å².